The van der Waals surface area contributed by atoms with Crippen LogP contribution in [0, 0.1) is 5.82 Å². The molecule has 1 aromatic heterocycles. The maximum atomic E-state index is 13.7. The molecule has 0 saturated carbocycles. The first-order valence-corrected chi connectivity index (χ1v) is 7.54. The van der Waals surface area contributed by atoms with Crippen LogP contribution in [-0.2, 0) is 13.1 Å². The first-order valence-electron chi connectivity index (χ1n) is 7.54. The third kappa shape index (κ3) is 3.78. The van der Waals surface area contributed by atoms with Crippen LogP contribution in [-0.4, -0.2) is 29.3 Å². The Kier molecular flexibility index (Phi) is 4.86. The van der Waals surface area contributed by atoms with Gasteiger partial charge in [-0.15, -0.1) is 10.2 Å². The molecule has 1 heterocycles. The van der Waals surface area contributed by atoms with Gasteiger partial charge in [-0.3, -0.25) is 4.90 Å². The van der Waals surface area contributed by atoms with Crippen LogP contribution in [0.3, 0.4) is 0 Å². The lowest BCUT2D eigenvalue weighted by atomic mass is 10.2. The summed E-state index contributed by atoms with van der Waals surface area (Å²) in [5.41, 5.74) is 1.73. The lowest BCUT2D eigenvalue weighted by molar-refractivity contribution is 0.282. The molecule has 0 bridgehead atoms. The predicted octanol–water partition coefficient (Wildman–Crippen LogP) is 3.52. The number of hydrogen-bond donors (Lipinski definition) is 0. The van der Waals surface area contributed by atoms with E-state index in [0.29, 0.717) is 24.9 Å². The van der Waals surface area contributed by atoms with Gasteiger partial charge in [-0.2, -0.15) is 0 Å². The van der Waals surface area contributed by atoms with Crippen LogP contribution in [0.15, 0.2) is 52.9 Å². The third-order valence-corrected chi connectivity index (χ3v) is 3.56. The van der Waals surface area contributed by atoms with Gasteiger partial charge in [0.05, 0.1) is 13.7 Å². The van der Waals surface area contributed by atoms with Crippen LogP contribution in [0.5, 0.6) is 5.75 Å². The Labute approximate surface area is 139 Å². The Morgan fingerprint density at radius 1 is 1.08 bits per heavy atom. The van der Waals surface area contributed by atoms with Gasteiger partial charge in [-0.05, 0) is 36.9 Å². The fourth-order valence-corrected chi connectivity index (χ4v) is 2.42. The Bertz CT molecular complexity index is 805. The van der Waals surface area contributed by atoms with Crippen molar-refractivity contribution in [1.29, 1.82) is 0 Å². The van der Waals surface area contributed by atoms with Gasteiger partial charge in [-0.25, -0.2) is 4.39 Å². The van der Waals surface area contributed by atoms with Gasteiger partial charge >= 0.3 is 0 Å². The van der Waals surface area contributed by atoms with Gasteiger partial charge in [0.2, 0.25) is 11.8 Å². The molecule has 0 N–H and O–H groups in total. The molecular formula is C18H18FN3O2. The predicted molar refractivity (Wildman–Crippen MR) is 87.9 cm³/mol. The van der Waals surface area contributed by atoms with Gasteiger partial charge in [-0.1, -0.05) is 24.3 Å². The molecule has 0 unspecified atom stereocenters. The number of ether oxygens (including phenoxy) is 1. The van der Waals surface area contributed by atoms with Crippen molar-refractivity contribution in [2.24, 2.45) is 0 Å². The van der Waals surface area contributed by atoms with Crippen molar-refractivity contribution in [3.05, 3.63) is 65.8 Å². The molecule has 0 radical (unpaired) electrons. The summed E-state index contributed by atoms with van der Waals surface area (Å²) in [5.74, 6) is 0.887. The second-order valence-corrected chi connectivity index (χ2v) is 5.51. The second-order valence-electron chi connectivity index (χ2n) is 5.51. The molecule has 3 rings (SSSR count). The van der Waals surface area contributed by atoms with Gasteiger partial charge in [0.1, 0.15) is 0 Å². The third-order valence-electron chi connectivity index (χ3n) is 3.56. The zero-order valence-corrected chi connectivity index (χ0v) is 13.6. The van der Waals surface area contributed by atoms with Crippen molar-refractivity contribution in [2.75, 3.05) is 14.2 Å². The van der Waals surface area contributed by atoms with E-state index in [1.807, 2.05) is 48.3 Å². The van der Waals surface area contributed by atoms with Gasteiger partial charge in [0, 0.05) is 12.1 Å². The lowest BCUT2D eigenvalue weighted by Gasteiger charge is -2.14. The SMILES string of the molecule is COc1ccc(CN(C)Cc2nnc(-c3ccccc3)o2)cc1F. The van der Waals surface area contributed by atoms with Crippen molar-refractivity contribution in [2.45, 2.75) is 13.1 Å². The van der Waals surface area contributed by atoms with E-state index in [2.05, 4.69) is 10.2 Å². The Balaban J connectivity index is 1.64. The van der Waals surface area contributed by atoms with E-state index < -0.39 is 0 Å². The van der Waals surface area contributed by atoms with E-state index in [0.717, 1.165) is 11.1 Å². The van der Waals surface area contributed by atoms with E-state index in [1.165, 1.54) is 13.2 Å². The molecule has 0 saturated heterocycles. The minimum Gasteiger partial charge on any atom is -0.494 e. The highest BCUT2D eigenvalue weighted by molar-refractivity contribution is 5.51. The van der Waals surface area contributed by atoms with E-state index in [9.17, 15) is 4.39 Å². The number of halogens is 1. The molecule has 0 aliphatic carbocycles. The van der Waals surface area contributed by atoms with Crippen LogP contribution >= 0.6 is 0 Å². The average molecular weight is 327 g/mol. The molecule has 3 aromatic rings. The molecule has 6 heteroatoms. The number of rotatable bonds is 6. The van der Waals surface area contributed by atoms with E-state index in [4.69, 9.17) is 9.15 Å². The number of nitrogens with zero attached hydrogens (tertiary/aromatic N) is 3. The van der Waals surface area contributed by atoms with Crippen molar-refractivity contribution in [1.82, 2.24) is 15.1 Å². The highest BCUT2D eigenvalue weighted by Crippen LogP contribution is 2.20. The number of aromatic nitrogens is 2. The van der Waals surface area contributed by atoms with Crippen LogP contribution < -0.4 is 4.74 Å². The smallest absolute Gasteiger partial charge is 0.247 e. The van der Waals surface area contributed by atoms with Crippen LogP contribution in [0.25, 0.3) is 11.5 Å². The second kappa shape index (κ2) is 7.23. The molecule has 0 fully saturated rings. The normalized spacial score (nSPS) is 11.0. The highest BCUT2D eigenvalue weighted by Gasteiger charge is 2.11. The molecule has 2 aromatic carbocycles. The van der Waals surface area contributed by atoms with Crippen LogP contribution in [0.4, 0.5) is 4.39 Å². The number of methoxy groups -OCH3 is 1. The van der Waals surface area contributed by atoms with Gasteiger partial charge in [0.15, 0.2) is 11.6 Å². The summed E-state index contributed by atoms with van der Waals surface area (Å²) in [6.45, 7) is 1.04. The van der Waals surface area contributed by atoms with E-state index in [1.54, 1.807) is 6.07 Å². The lowest BCUT2D eigenvalue weighted by Crippen LogP contribution is -2.17. The van der Waals surface area contributed by atoms with Crippen molar-refractivity contribution < 1.29 is 13.5 Å². The largest absolute Gasteiger partial charge is 0.494 e. The zero-order chi connectivity index (χ0) is 16.9. The molecule has 0 atom stereocenters. The van der Waals surface area contributed by atoms with Crippen molar-refractivity contribution >= 4 is 0 Å². The molecule has 24 heavy (non-hydrogen) atoms. The quantitative estimate of drug-likeness (QED) is 0.693. The summed E-state index contributed by atoms with van der Waals surface area (Å²) in [4.78, 5) is 1.98. The van der Waals surface area contributed by atoms with Crippen LogP contribution in [0.2, 0.25) is 0 Å². The number of benzene rings is 2. The maximum absolute atomic E-state index is 13.7. The molecular weight excluding hydrogens is 309 g/mol. The summed E-state index contributed by atoms with van der Waals surface area (Å²) in [6, 6.07) is 14.5. The standard InChI is InChI=1S/C18H18FN3O2/c1-22(11-13-8-9-16(23-2)15(19)10-13)12-17-20-21-18(24-17)14-6-4-3-5-7-14/h3-10H,11-12H2,1-2H3. The molecule has 5 nitrogen and oxygen atoms in total. The Hall–Kier alpha value is -2.73. The summed E-state index contributed by atoms with van der Waals surface area (Å²) in [5, 5.41) is 8.13. The summed E-state index contributed by atoms with van der Waals surface area (Å²) < 4.78 is 24.3. The minimum absolute atomic E-state index is 0.241. The number of hydrogen-bond acceptors (Lipinski definition) is 5. The molecule has 0 aliphatic heterocycles. The van der Waals surface area contributed by atoms with Gasteiger partial charge < -0.3 is 9.15 Å². The van der Waals surface area contributed by atoms with Crippen molar-refractivity contribution in [3.8, 4) is 17.2 Å². The van der Waals surface area contributed by atoms with E-state index >= 15 is 0 Å². The first-order chi connectivity index (χ1) is 11.7. The molecule has 0 spiro atoms. The summed E-state index contributed by atoms with van der Waals surface area (Å²) >= 11 is 0. The van der Waals surface area contributed by atoms with Gasteiger partial charge in [0.25, 0.3) is 0 Å². The van der Waals surface area contributed by atoms with E-state index in [-0.39, 0.29) is 11.6 Å². The highest BCUT2D eigenvalue weighted by atomic mass is 19.1. The monoisotopic (exact) mass is 327 g/mol. The topological polar surface area (TPSA) is 51.4 Å². The minimum atomic E-state index is -0.368. The summed E-state index contributed by atoms with van der Waals surface area (Å²) in [7, 11) is 3.36. The molecule has 0 amide bonds. The Morgan fingerprint density at radius 3 is 2.58 bits per heavy atom. The van der Waals surface area contributed by atoms with Crippen LogP contribution in [0.1, 0.15) is 11.5 Å². The maximum Gasteiger partial charge on any atom is 0.247 e. The fraction of sp³-hybridized carbons (Fsp3) is 0.222. The fourth-order valence-electron chi connectivity index (χ4n) is 2.42. The first kappa shape index (κ1) is 16.1. The zero-order valence-electron chi connectivity index (χ0n) is 13.6. The molecule has 0 aliphatic rings. The average Bonchev–Trinajstić information content (AvgIpc) is 3.04. The summed E-state index contributed by atoms with van der Waals surface area (Å²) in [6.07, 6.45) is 0. The van der Waals surface area contributed by atoms with Crippen molar-refractivity contribution in [3.63, 3.8) is 0 Å². The molecule has 124 valence electrons. The Morgan fingerprint density at radius 2 is 1.88 bits per heavy atom.